The highest BCUT2D eigenvalue weighted by Crippen LogP contribution is 2.19. The molecule has 2 aromatic heterocycles. The quantitative estimate of drug-likeness (QED) is 0.478. The maximum Gasteiger partial charge on any atom is 0.289 e. The van der Waals surface area contributed by atoms with Gasteiger partial charge in [0.25, 0.3) is 5.91 Å². The first-order chi connectivity index (χ1) is 13.7. The van der Waals surface area contributed by atoms with Crippen LogP contribution in [0.5, 0.6) is 0 Å². The number of fused-ring (bicyclic) bond motifs is 1. The Hall–Kier alpha value is -3.34. The average Bonchev–Trinajstić information content (AvgIpc) is 3.37. The van der Waals surface area contributed by atoms with Crippen molar-refractivity contribution in [3.05, 3.63) is 90.1 Å². The van der Waals surface area contributed by atoms with Crippen molar-refractivity contribution in [2.24, 2.45) is 0 Å². The predicted octanol–water partition coefficient (Wildman–Crippen LogP) is 4.53. The standard InChI is InChI=1S/C23H23N3O2/c1-25(23(27)21-14-8-16-28-21)17-22-24-19-12-5-6-13-20(19)26(22)15-7-11-18-9-3-2-4-10-18/h2-6,8-10,12-14,16H,7,11,15,17H2,1H3. The molecule has 4 rings (SSSR count). The van der Waals surface area contributed by atoms with Gasteiger partial charge in [0.15, 0.2) is 5.76 Å². The van der Waals surface area contributed by atoms with Gasteiger partial charge in [-0.15, -0.1) is 0 Å². The van der Waals surface area contributed by atoms with Gasteiger partial charge in [-0.05, 0) is 42.7 Å². The van der Waals surface area contributed by atoms with Crippen LogP contribution in [0, 0.1) is 0 Å². The van der Waals surface area contributed by atoms with Crippen molar-refractivity contribution in [1.82, 2.24) is 14.5 Å². The summed E-state index contributed by atoms with van der Waals surface area (Å²) in [6, 6.07) is 22.0. The van der Waals surface area contributed by atoms with E-state index >= 15 is 0 Å². The SMILES string of the molecule is CN(Cc1nc2ccccc2n1CCCc1ccccc1)C(=O)c1ccco1. The summed E-state index contributed by atoms with van der Waals surface area (Å²) in [5, 5.41) is 0. The average molecular weight is 373 g/mol. The van der Waals surface area contributed by atoms with E-state index in [9.17, 15) is 4.79 Å². The molecule has 0 atom stereocenters. The smallest absolute Gasteiger partial charge is 0.289 e. The van der Waals surface area contributed by atoms with Crippen LogP contribution in [0.3, 0.4) is 0 Å². The Morgan fingerprint density at radius 2 is 1.82 bits per heavy atom. The zero-order chi connectivity index (χ0) is 19.3. The number of nitrogens with zero attached hydrogens (tertiary/aromatic N) is 3. The van der Waals surface area contributed by atoms with Gasteiger partial charge in [-0.25, -0.2) is 4.98 Å². The molecule has 5 heteroatoms. The number of amides is 1. The first kappa shape index (κ1) is 18.0. The number of hydrogen-bond donors (Lipinski definition) is 0. The van der Waals surface area contributed by atoms with Crippen molar-refractivity contribution >= 4 is 16.9 Å². The zero-order valence-corrected chi connectivity index (χ0v) is 15.9. The lowest BCUT2D eigenvalue weighted by Crippen LogP contribution is -2.27. The minimum absolute atomic E-state index is 0.145. The molecule has 2 aromatic carbocycles. The molecule has 1 amide bonds. The Balaban J connectivity index is 1.53. The summed E-state index contributed by atoms with van der Waals surface area (Å²) in [5.74, 6) is 1.08. The van der Waals surface area contributed by atoms with Gasteiger partial charge in [0.05, 0.1) is 23.8 Å². The Kier molecular flexibility index (Phi) is 5.24. The Morgan fingerprint density at radius 3 is 2.61 bits per heavy atom. The highest BCUT2D eigenvalue weighted by atomic mass is 16.3. The Labute approximate surface area is 164 Å². The van der Waals surface area contributed by atoms with Crippen molar-refractivity contribution in [2.45, 2.75) is 25.9 Å². The molecule has 0 N–H and O–H groups in total. The summed E-state index contributed by atoms with van der Waals surface area (Å²) in [7, 11) is 1.78. The summed E-state index contributed by atoms with van der Waals surface area (Å²) < 4.78 is 7.47. The van der Waals surface area contributed by atoms with Crippen LogP contribution in [-0.2, 0) is 19.5 Å². The van der Waals surface area contributed by atoms with Crippen molar-refractivity contribution in [2.75, 3.05) is 7.05 Å². The summed E-state index contributed by atoms with van der Waals surface area (Å²) in [5.41, 5.74) is 3.39. The third kappa shape index (κ3) is 3.83. The van der Waals surface area contributed by atoms with Crippen LogP contribution in [0.1, 0.15) is 28.4 Å². The second-order valence-electron chi connectivity index (χ2n) is 6.90. The van der Waals surface area contributed by atoms with Crippen molar-refractivity contribution in [3.63, 3.8) is 0 Å². The van der Waals surface area contributed by atoms with Crippen LogP contribution in [0.4, 0.5) is 0 Å². The van der Waals surface area contributed by atoms with Gasteiger partial charge in [0, 0.05) is 13.6 Å². The molecular formula is C23H23N3O2. The molecule has 0 bridgehead atoms. The number of imidazole rings is 1. The lowest BCUT2D eigenvalue weighted by atomic mass is 10.1. The zero-order valence-electron chi connectivity index (χ0n) is 15.9. The molecule has 28 heavy (non-hydrogen) atoms. The Morgan fingerprint density at radius 1 is 1.04 bits per heavy atom. The van der Waals surface area contributed by atoms with Crippen LogP contribution in [-0.4, -0.2) is 27.4 Å². The maximum absolute atomic E-state index is 12.5. The number of furan rings is 1. The largest absolute Gasteiger partial charge is 0.459 e. The number of hydrogen-bond acceptors (Lipinski definition) is 3. The van der Waals surface area contributed by atoms with E-state index in [2.05, 4.69) is 34.9 Å². The molecule has 2 heterocycles. The fourth-order valence-electron chi connectivity index (χ4n) is 3.45. The fraction of sp³-hybridized carbons (Fsp3) is 0.217. The van der Waals surface area contributed by atoms with E-state index in [1.807, 2.05) is 24.3 Å². The predicted molar refractivity (Wildman–Crippen MR) is 109 cm³/mol. The lowest BCUT2D eigenvalue weighted by Gasteiger charge is -2.17. The number of benzene rings is 2. The van der Waals surface area contributed by atoms with E-state index in [1.165, 1.54) is 11.8 Å². The molecule has 0 unspecified atom stereocenters. The monoisotopic (exact) mass is 373 g/mol. The summed E-state index contributed by atoms with van der Waals surface area (Å²) in [6.45, 7) is 1.28. The number of rotatable bonds is 7. The van der Waals surface area contributed by atoms with Gasteiger partial charge < -0.3 is 13.9 Å². The van der Waals surface area contributed by atoms with Crippen LogP contribution in [0.2, 0.25) is 0 Å². The van der Waals surface area contributed by atoms with Gasteiger partial charge >= 0.3 is 0 Å². The van der Waals surface area contributed by atoms with Gasteiger partial charge in [-0.3, -0.25) is 4.79 Å². The highest BCUT2D eigenvalue weighted by molar-refractivity contribution is 5.91. The summed E-state index contributed by atoms with van der Waals surface area (Å²) in [4.78, 5) is 19.0. The molecule has 0 aliphatic carbocycles. The second kappa shape index (κ2) is 8.13. The van der Waals surface area contributed by atoms with Crippen molar-refractivity contribution in [3.8, 4) is 0 Å². The van der Waals surface area contributed by atoms with Crippen molar-refractivity contribution < 1.29 is 9.21 Å². The topological polar surface area (TPSA) is 51.3 Å². The molecule has 4 aromatic rings. The normalized spacial score (nSPS) is 11.0. The number of aromatic nitrogens is 2. The third-order valence-corrected chi connectivity index (χ3v) is 4.88. The molecule has 5 nitrogen and oxygen atoms in total. The van der Waals surface area contributed by atoms with Crippen LogP contribution >= 0.6 is 0 Å². The minimum Gasteiger partial charge on any atom is -0.459 e. The molecule has 0 aliphatic rings. The number of para-hydroxylation sites is 2. The molecule has 0 radical (unpaired) electrons. The van der Waals surface area contributed by atoms with E-state index in [1.54, 1.807) is 24.1 Å². The molecule has 0 fully saturated rings. The molecule has 0 spiro atoms. The maximum atomic E-state index is 12.5. The van der Waals surface area contributed by atoms with Crippen LogP contribution in [0.25, 0.3) is 11.0 Å². The van der Waals surface area contributed by atoms with E-state index in [0.29, 0.717) is 12.3 Å². The van der Waals surface area contributed by atoms with Crippen LogP contribution < -0.4 is 0 Å². The van der Waals surface area contributed by atoms with E-state index < -0.39 is 0 Å². The molecule has 0 saturated heterocycles. The second-order valence-corrected chi connectivity index (χ2v) is 6.90. The fourth-order valence-corrected chi connectivity index (χ4v) is 3.45. The Bertz CT molecular complexity index is 1050. The van der Waals surface area contributed by atoms with Gasteiger partial charge in [-0.1, -0.05) is 42.5 Å². The van der Waals surface area contributed by atoms with Gasteiger partial charge in [-0.2, -0.15) is 0 Å². The van der Waals surface area contributed by atoms with Crippen molar-refractivity contribution in [1.29, 1.82) is 0 Å². The number of carbonyl (C=O) groups excluding carboxylic acids is 1. The minimum atomic E-state index is -0.145. The van der Waals surface area contributed by atoms with E-state index in [4.69, 9.17) is 9.40 Å². The highest BCUT2D eigenvalue weighted by Gasteiger charge is 2.18. The first-order valence-corrected chi connectivity index (χ1v) is 9.49. The first-order valence-electron chi connectivity index (χ1n) is 9.49. The molecular weight excluding hydrogens is 350 g/mol. The number of aryl methyl sites for hydroxylation is 2. The summed E-state index contributed by atoms with van der Waals surface area (Å²) >= 11 is 0. The van der Waals surface area contributed by atoms with Gasteiger partial charge in [0.1, 0.15) is 5.82 Å². The molecule has 142 valence electrons. The van der Waals surface area contributed by atoms with E-state index in [0.717, 1.165) is 36.2 Å². The third-order valence-electron chi connectivity index (χ3n) is 4.88. The summed E-state index contributed by atoms with van der Waals surface area (Å²) in [6.07, 6.45) is 3.53. The van der Waals surface area contributed by atoms with Gasteiger partial charge in [0.2, 0.25) is 0 Å². The van der Waals surface area contributed by atoms with Crippen LogP contribution in [0.15, 0.2) is 77.4 Å². The lowest BCUT2D eigenvalue weighted by molar-refractivity contribution is 0.0748. The molecule has 0 saturated carbocycles. The molecule has 0 aliphatic heterocycles. The van der Waals surface area contributed by atoms with E-state index in [-0.39, 0.29) is 5.91 Å². The number of carbonyl (C=O) groups is 1.